The van der Waals surface area contributed by atoms with Gasteiger partial charge in [-0.25, -0.2) is 0 Å². The van der Waals surface area contributed by atoms with Gasteiger partial charge in [-0.1, -0.05) is 18.2 Å². The van der Waals surface area contributed by atoms with Crippen molar-refractivity contribution in [2.45, 2.75) is 39.1 Å². The summed E-state index contributed by atoms with van der Waals surface area (Å²) in [5, 5.41) is 3.37. The van der Waals surface area contributed by atoms with Crippen molar-refractivity contribution < 1.29 is 9.53 Å². The number of rotatable bonds is 5. The summed E-state index contributed by atoms with van der Waals surface area (Å²) in [6, 6.07) is 13.7. The van der Waals surface area contributed by atoms with Gasteiger partial charge in [-0.3, -0.25) is 9.78 Å². The van der Waals surface area contributed by atoms with E-state index in [-0.39, 0.29) is 18.1 Å². The van der Waals surface area contributed by atoms with Crippen LogP contribution >= 0.6 is 0 Å². The van der Waals surface area contributed by atoms with Crippen LogP contribution in [0.4, 0.5) is 0 Å². The minimum absolute atomic E-state index is 0.0787. The second kappa shape index (κ2) is 8.23. The lowest BCUT2D eigenvalue weighted by atomic mass is 10.1. The zero-order chi connectivity index (χ0) is 17.6. The van der Waals surface area contributed by atoms with Gasteiger partial charge in [0.25, 0.3) is 5.91 Å². The van der Waals surface area contributed by atoms with Gasteiger partial charge in [0.15, 0.2) is 0 Å². The summed E-state index contributed by atoms with van der Waals surface area (Å²) in [7, 11) is 0. The SMILES string of the molecule is C[C@H]1CN(C(=O)c2ccc(CNCc3ccccn3)cc2)C[C@H](C)O1. The van der Waals surface area contributed by atoms with Crippen molar-refractivity contribution in [3.8, 4) is 0 Å². The molecule has 1 N–H and O–H groups in total. The Bertz CT molecular complexity index is 678. The zero-order valence-electron chi connectivity index (χ0n) is 14.8. The molecule has 5 heteroatoms. The molecule has 1 amide bonds. The van der Waals surface area contributed by atoms with Crippen LogP contribution in [0.25, 0.3) is 0 Å². The van der Waals surface area contributed by atoms with Crippen LogP contribution in [0.3, 0.4) is 0 Å². The highest BCUT2D eigenvalue weighted by Gasteiger charge is 2.26. The predicted molar refractivity (Wildman–Crippen MR) is 97.1 cm³/mol. The normalized spacial score (nSPS) is 20.5. The molecule has 0 spiro atoms. The van der Waals surface area contributed by atoms with Crippen LogP contribution in [0.1, 0.15) is 35.5 Å². The first kappa shape index (κ1) is 17.6. The predicted octanol–water partition coefficient (Wildman–Crippen LogP) is 2.62. The molecule has 2 atom stereocenters. The molecule has 2 heterocycles. The number of aromatic nitrogens is 1. The molecule has 1 aliphatic rings. The lowest BCUT2D eigenvalue weighted by Gasteiger charge is -2.35. The number of pyridine rings is 1. The Morgan fingerprint density at radius 3 is 2.48 bits per heavy atom. The van der Waals surface area contributed by atoms with Gasteiger partial charge in [0, 0.05) is 37.9 Å². The third-order valence-electron chi connectivity index (χ3n) is 4.27. The molecule has 1 fully saturated rings. The van der Waals surface area contributed by atoms with E-state index >= 15 is 0 Å². The lowest BCUT2D eigenvalue weighted by Crippen LogP contribution is -2.48. The molecule has 0 saturated carbocycles. The molecule has 0 aliphatic carbocycles. The monoisotopic (exact) mass is 339 g/mol. The van der Waals surface area contributed by atoms with Crippen LogP contribution in [0.15, 0.2) is 48.7 Å². The van der Waals surface area contributed by atoms with E-state index in [0.29, 0.717) is 13.1 Å². The Labute approximate surface area is 149 Å². The van der Waals surface area contributed by atoms with Crippen LogP contribution in [0, 0.1) is 0 Å². The van der Waals surface area contributed by atoms with E-state index in [1.54, 1.807) is 6.20 Å². The fourth-order valence-corrected chi connectivity index (χ4v) is 3.13. The highest BCUT2D eigenvalue weighted by atomic mass is 16.5. The number of nitrogens with zero attached hydrogens (tertiary/aromatic N) is 2. The second-order valence-electron chi connectivity index (χ2n) is 6.59. The molecule has 1 aliphatic heterocycles. The molecule has 132 valence electrons. The smallest absolute Gasteiger partial charge is 0.254 e. The van der Waals surface area contributed by atoms with E-state index in [4.69, 9.17) is 4.74 Å². The molecule has 1 aromatic carbocycles. The van der Waals surface area contributed by atoms with Crippen LogP contribution in [0.2, 0.25) is 0 Å². The maximum absolute atomic E-state index is 12.6. The third-order valence-corrected chi connectivity index (χ3v) is 4.27. The molecule has 0 radical (unpaired) electrons. The average molecular weight is 339 g/mol. The number of ether oxygens (including phenoxy) is 1. The van der Waals surface area contributed by atoms with Crippen molar-refractivity contribution in [3.05, 3.63) is 65.5 Å². The number of hydrogen-bond acceptors (Lipinski definition) is 4. The van der Waals surface area contributed by atoms with Crippen molar-refractivity contribution in [2.75, 3.05) is 13.1 Å². The minimum Gasteiger partial charge on any atom is -0.372 e. The van der Waals surface area contributed by atoms with Gasteiger partial charge in [0.1, 0.15) is 0 Å². The maximum atomic E-state index is 12.6. The van der Waals surface area contributed by atoms with Gasteiger partial charge in [-0.15, -0.1) is 0 Å². The maximum Gasteiger partial charge on any atom is 0.254 e. The van der Waals surface area contributed by atoms with E-state index in [2.05, 4.69) is 10.3 Å². The number of morpholine rings is 1. The molecule has 25 heavy (non-hydrogen) atoms. The lowest BCUT2D eigenvalue weighted by molar-refractivity contribution is -0.0586. The van der Waals surface area contributed by atoms with Gasteiger partial charge in [0.2, 0.25) is 0 Å². The summed E-state index contributed by atoms with van der Waals surface area (Å²) < 4.78 is 5.70. The Morgan fingerprint density at radius 2 is 1.84 bits per heavy atom. The minimum atomic E-state index is 0.0787. The molecule has 1 saturated heterocycles. The van der Waals surface area contributed by atoms with Crippen molar-refractivity contribution in [1.82, 2.24) is 15.2 Å². The number of nitrogens with one attached hydrogen (secondary N) is 1. The topological polar surface area (TPSA) is 54.5 Å². The van der Waals surface area contributed by atoms with E-state index in [0.717, 1.165) is 29.9 Å². The van der Waals surface area contributed by atoms with Gasteiger partial charge in [-0.05, 0) is 43.7 Å². The molecular weight excluding hydrogens is 314 g/mol. The number of carbonyl (C=O) groups excluding carboxylic acids is 1. The first-order valence-electron chi connectivity index (χ1n) is 8.76. The summed E-state index contributed by atoms with van der Waals surface area (Å²) in [6.45, 7) is 6.79. The van der Waals surface area contributed by atoms with Crippen molar-refractivity contribution in [2.24, 2.45) is 0 Å². The molecule has 1 aromatic heterocycles. The summed E-state index contributed by atoms with van der Waals surface area (Å²) >= 11 is 0. The summed E-state index contributed by atoms with van der Waals surface area (Å²) in [4.78, 5) is 18.8. The zero-order valence-corrected chi connectivity index (χ0v) is 14.8. The molecule has 2 aromatic rings. The Balaban J connectivity index is 1.53. The van der Waals surface area contributed by atoms with Gasteiger partial charge in [0.05, 0.1) is 17.9 Å². The Kier molecular flexibility index (Phi) is 5.79. The Hall–Kier alpha value is -2.24. The quantitative estimate of drug-likeness (QED) is 0.910. The molecule has 0 unspecified atom stereocenters. The number of benzene rings is 1. The first-order chi connectivity index (χ1) is 12.1. The number of carbonyl (C=O) groups is 1. The van der Waals surface area contributed by atoms with E-state index < -0.39 is 0 Å². The fraction of sp³-hybridized carbons (Fsp3) is 0.400. The molecule has 5 nitrogen and oxygen atoms in total. The number of hydrogen-bond donors (Lipinski definition) is 1. The molecule has 3 rings (SSSR count). The van der Waals surface area contributed by atoms with Crippen LogP contribution < -0.4 is 5.32 Å². The van der Waals surface area contributed by atoms with Crippen molar-refractivity contribution in [1.29, 1.82) is 0 Å². The highest BCUT2D eigenvalue weighted by Crippen LogP contribution is 2.15. The van der Waals surface area contributed by atoms with E-state index in [9.17, 15) is 4.79 Å². The van der Waals surface area contributed by atoms with Gasteiger partial charge >= 0.3 is 0 Å². The Morgan fingerprint density at radius 1 is 1.12 bits per heavy atom. The van der Waals surface area contributed by atoms with Crippen LogP contribution in [0.5, 0.6) is 0 Å². The summed E-state index contributed by atoms with van der Waals surface area (Å²) in [5.74, 6) is 0.0787. The van der Waals surface area contributed by atoms with E-state index in [1.807, 2.05) is 61.2 Å². The van der Waals surface area contributed by atoms with Crippen molar-refractivity contribution in [3.63, 3.8) is 0 Å². The standard InChI is InChI=1S/C20H25N3O2/c1-15-13-23(14-16(2)25-15)20(24)18-8-6-17(7-9-18)11-21-12-19-5-3-4-10-22-19/h3-10,15-16,21H,11-14H2,1-2H3/t15-,16-/m0/s1. The highest BCUT2D eigenvalue weighted by molar-refractivity contribution is 5.94. The first-order valence-corrected chi connectivity index (χ1v) is 8.76. The largest absolute Gasteiger partial charge is 0.372 e. The van der Waals surface area contributed by atoms with Gasteiger partial charge < -0.3 is 15.0 Å². The van der Waals surface area contributed by atoms with Gasteiger partial charge in [-0.2, -0.15) is 0 Å². The van der Waals surface area contributed by atoms with Crippen molar-refractivity contribution >= 4 is 5.91 Å². The molecule has 0 bridgehead atoms. The second-order valence-corrected chi connectivity index (χ2v) is 6.59. The summed E-state index contributed by atoms with van der Waals surface area (Å²) in [6.07, 6.45) is 1.97. The summed E-state index contributed by atoms with van der Waals surface area (Å²) in [5.41, 5.74) is 2.90. The fourth-order valence-electron chi connectivity index (χ4n) is 3.13. The van der Waals surface area contributed by atoms with Crippen LogP contribution in [-0.2, 0) is 17.8 Å². The average Bonchev–Trinajstić information content (AvgIpc) is 2.62. The number of amides is 1. The van der Waals surface area contributed by atoms with E-state index in [1.165, 1.54) is 0 Å². The third kappa shape index (κ3) is 4.87. The molecular formula is C20H25N3O2. The van der Waals surface area contributed by atoms with Crippen LogP contribution in [-0.4, -0.2) is 41.1 Å².